The van der Waals surface area contributed by atoms with Crippen molar-refractivity contribution < 1.29 is 32.7 Å². The van der Waals surface area contributed by atoms with E-state index in [4.69, 9.17) is 5.11 Å². The van der Waals surface area contributed by atoms with E-state index in [1.807, 2.05) is 5.32 Å². The molecule has 27 heavy (non-hydrogen) atoms. The maximum absolute atomic E-state index is 12.4. The zero-order valence-corrected chi connectivity index (χ0v) is 14.5. The molecule has 1 aliphatic rings. The van der Waals surface area contributed by atoms with Crippen LogP contribution < -0.4 is 10.6 Å². The zero-order valence-electron chi connectivity index (χ0n) is 14.5. The predicted molar refractivity (Wildman–Crippen MR) is 91.2 cm³/mol. The number of nitrogens with one attached hydrogen (secondary N) is 2. The highest BCUT2D eigenvalue weighted by molar-refractivity contribution is 5.99. The van der Waals surface area contributed by atoms with E-state index in [2.05, 4.69) is 5.32 Å². The van der Waals surface area contributed by atoms with Crippen LogP contribution in [0.1, 0.15) is 48.9 Å². The second-order valence-electron chi connectivity index (χ2n) is 6.59. The molecule has 3 N–H and O–H groups in total. The smallest absolute Gasteiger partial charge is 0.391 e. The lowest BCUT2D eigenvalue weighted by Gasteiger charge is -2.21. The van der Waals surface area contributed by atoms with Gasteiger partial charge in [0, 0.05) is 17.2 Å². The Morgan fingerprint density at radius 2 is 1.81 bits per heavy atom. The highest BCUT2D eigenvalue weighted by atomic mass is 19.4. The van der Waals surface area contributed by atoms with Gasteiger partial charge in [-0.15, -0.1) is 0 Å². The first-order chi connectivity index (χ1) is 12.7. The second kappa shape index (κ2) is 8.88. The van der Waals surface area contributed by atoms with Gasteiger partial charge in [0.2, 0.25) is 5.91 Å². The summed E-state index contributed by atoms with van der Waals surface area (Å²) in [6.07, 6.45) is -1.75. The normalized spacial score (nSPS) is 16.4. The van der Waals surface area contributed by atoms with Crippen LogP contribution in [0.5, 0.6) is 0 Å². The number of halogens is 3. The molecule has 0 saturated heterocycles. The van der Waals surface area contributed by atoms with E-state index in [1.165, 1.54) is 18.2 Å². The topological polar surface area (TPSA) is 95.5 Å². The summed E-state index contributed by atoms with van der Waals surface area (Å²) in [5.41, 5.74) is 0.297. The Morgan fingerprint density at radius 3 is 2.41 bits per heavy atom. The fourth-order valence-electron chi connectivity index (χ4n) is 3.02. The Kier molecular flexibility index (Phi) is 6.81. The van der Waals surface area contributed by atoms with Crippen molar-refractivity contribution in [2.45, 2.75) is 50.7 Å². The first-order valence-electron chi connectivity index (χ1n) is 8.67. The van der Waals surface area contributed by atoms with E-state index in [-0.39, 0.29) is 17.4 Å². The van der Waals surface area contributed by atoms with E-state index in [0.717, 1.165) is 32.1 Å². The Hall–Kier alpha value is -2.58. The van der Waals surface area contributed by atoms with Crippen LogP contribution in [0.2, 0.25) is 0 Å². The van der Waals surface area contributed by atoms with Crippen molar-refractivity contribution in [3.05, 3.63) is 29.8 Å². The quantitative estimate of drug-likeness (QED) is 0.699. The molecule has 2 amide bonds. The third-order valence-corrected chi connectivity index (χ3v) is 4.41. The van der Waals surface area contributed by atoms with Gasteiger partial charge in [0.15, 0.2) is 0 Å². The third kappa shape index (κ3) is 6.58. The van der Waals surface area contributed by atoms with Crippen molar-refractivity contribution in [2.24, 2.45) is 5.92 Å². The van der Waals surface area contributed by atoms with Gasteiger partial charge in [-0.05, 0) is 31.0 Å². The molecule has 0 aliphatic heterocycles. The van der Waals surface area contributed by atoms with Crippen LogP contribution >= 0.6 is 0 Å². The number of carbonyl (C=O) groups excluding carboxylic acids is 2. The van der Waals surface area contributed by atoms with Crippen LogP contribution in [0, 0.1) is 5.92 Å². The largest absolute Gasteiger partial charge is 0.480 e. The monoisotopic (exact) mass is 386 g/mol. The summed E-state index contributed by atoms with van der Waals surface area (Å²) < 4.78 is 37.3. The standard InChI is InChI=1S/C18H21F3N2O4/c19-18(20,21)10-14(17(26)27)23-16(25)12-7-4-8-13(9-12)22-15(24)11-5-2-1-3-6-11/h4,7-9,11,14H,1-3,5-6,10H2,(H,22,24)(H,23,25)(H,26,27). The molecule has 1 saturated carbocycles. The van der Waals surface area contributed by atoms with Crippen LogP contribution in [-0.2, 0) is 9.59 Å². The minimum atomic E-state index is -4.73. The maximum Gasteiger partial charge on any atom is 0.391 e. The van der Waals surface area contributed by atoms with Crippen molar-refractivity contribution in [1.82, 2.24) is 5.32 Å². The number of rotatable bonds is 6. The molecular weight excluding hydrogens is 365 g/mol. The van der Waals surface area contributed by atoms with Crippen molar-refractivity contribution in [2.75, 3.05) is 5.32 Å². The summed E-state index contributed by atoms with van der Waals surface area (Å²) in [6, 6.07) is 3.58. The average molecular weight is 386 g/mol. The van der Waals surface area contributed by atoms with Gasteiger partial charge in [0.1, 0.15) is 6.04 Å². The Labute approximate surface area is 154 Å². The molecule has 148 valence electrons. The third-order valence-electron chi connectivity index (χ3n) is 4.41. The van der Waals surface area contributed by atoms with Crippen LogP contribution in [0.25, 0.3) is 0 Å². The van der Waals surface area contributed by atoms with E-state index in [1.54, 1.807) is 6.07 Å². The molecule has 1 fully saturated rings. The van der Waals surface area contributed by atoms with Crippen molar-refractivity contribution in [3.63, 3.8) is 0 Å². The second-order valence-corrected chi connectivity index (χ2v) is 6.59. The van der Waals surface area contributed by atoms with Gasteiger partial charge in [-0.3, -0.25) is 9.59 Å². The Bertz CT molecular complexity index is 700. The number of benzene rings is 1. The molecule has 0 heterocycles. The SMILES string of the molecule is O=C(NC(CC(F)(F)F)C(=O)O)c1cccc(NC(=O)C2CCCCC2)c1. The molecule has 0 bridgehead atoms. The van der Waals surface area contributed by atoms with Gasteiger partial charge in [-0.1, -0.05) is 25.3 Å². The molecule has 1 aliphatic carbocycles. The number of carboxylic acids is 1. The molecule has 1 aromatic rings. The van der Waals surface area contributed by atoms with Gasteiger partial charge >= 0.3 is 12.1 Å². The van der Waals surface area contributed by atoms with Crippen LogP contribution in [-0.4, -0.2) is 35.1 Å². The highest BCUT2D eigenvalue weighted by Gasteiger charge is 2.36. The van der Waals surface area contributed by atoms with Gasteiger partial charge in [0.05, 0.1) is 6.42 Å². The number of alkyl halides is 3. The molecular formula is C18H21F3N2O4. The number of hydrogen-bond donors (Lipinski definition) is 3. The number of carbonyl (C=O) groups is 3. The lowest BCUT2D eigenvalue weighted by Crippen LogP contribution is -2.43. The van der Waals surface area contributed by atoms with Crippen LogP contribution in [0.15, 0.2) is 24.3 Å². The van der Waals surface area contributed by atoms with E-state index < -0.39 is 30.5 Å². The lowest BCUT2D eigenvalue weighted by atomic mass is 9.88. The number of hydrogen-bond acceptors (Lipinski definition) is 3. The number of aliphatic carboxylic acids is 1. The fraction of sp³-hybridized carbons (Fsp3) is 0.500. The van der Waals surface area contributed by atoms with Gasteiger partial charge in [-0.25, -0.2) is 4.79 Å². The molecule has 1 aromatic carbocycles. The van der Waals surface area contributed by atoms with Crippen molar-refractivity contribution in [3.8, 4) is 0 Å². The number of carboxylic acid groups (broad SMARTS) is 1. The minimum absolute atomic E-state index is 0.0372. The molecule has 0 aromatic heterocycles. The molecule has 1 unspecified atom stereocenters. The zero-order chi connectivity index (χ0) is 20.0. The summed E-state index contributed by atoms with van der Waals surface area (Å²) in [5.74, 6) is -2.99. The van der Waals surface area contributed by atoms with Crippen LogP contribution in [0.3, 0.4) is 0 Å². The van der Waals surface area contributed by atoms with Gasteiger partial charge in [-0.2, -0.15) is 13.2 Å². The molecule has 0 radical (unpaired) electrons. The number of amides is 2. The molecule has 9 heteroatoms. The molecule has 0 spiro atoms. The highest BCUT2D eigenvalue weighted by Crippen LogP contribution is 2.25. The lowest BCUT2D eigenvalue weighted by molar-refractivity contribution is -0.157. The molecule has 2 rings (SSSR count). The maximum atomic E-state index is 12.4. The fourth-order valence-corrected chi connectivity index (χ4v) is 3.02. The molecule has 1 atom stereocenters. The Balaban J connectivity index is 2.03. The molecule has 6 nitrogen and oxygen atoms in total. The first-order valence-corrected chi connectivity index (χ1v) is 8.67. The van der Waals surface area contributed by atoms with Crippen LogP contribution in [0.4, 0.5) is 18.9 Å². The first kappa shape index (κ1) is 20.7. The van der Waals surface area contributed by atoms with Crippen molar-refractivity contribution in [1.29, 1.82) is 0 Å². The van der Waals surface area contributed by atoms with E-state index in [0.29, 0.717) is 5.69 Å². The van der Waals surface area contributed by atoms with Gasteiger partial charge in [0.25, 0.3) is 5.91 Å². The van der Waals surface area contributed by atoms with Gasteiger partial charge < -0.3 is 15.7 Å². The van der Waals surface area contributed by atoms with E-state index in [9.17, 15) is 27.6 Å². The summed E-state index contributed by atoms with van der Waals surface area (Å²) in [4.78, 5) is 35.3. The average Bonchev–Trinajstić information content (AvgIpc) is 2.61. The minimum Gasteiger partial charge on any atom is -0.480 e. The Morgan fingerprint density at radius 1 is 1.15 bits per heavy atom. The van der Waals surface area contributed by atoms with E-state index >= 15 is 0 Å². The number of anilines is 1. The predicted octanol–water partition coefficient (Wildman–Crippen LogP) is 3.34. The summed E-state index contributed by atoms with van der Waals surface area (Å²) in [5, 5.41) is 13.4. The summed E-state index contributed by atoms with van der Waals surface area (Å²) in [7, 11) is 0. The summed E-state index contributed by atoms with van der Waals surface area (Å²) in [6.45, 7) is 0. The van der Waals surface area contributed by atoms with Crippen molar-refractivity contribution >= 4 is 23.5 Å². The summed E-state index contributed by atoms with van der Waals surface area (Å²) >= 11 is 0.